The molecule has 2 atom stereocenters. The van der Waals surface area contributed by atoms with Crippen molar-refractivity contribution in [2.45, 2.75) is 12.0 Å². The fourth-order valence-electron chi connectivity index (χ4n) is 4.30. The molecule has 7 heteroatoms. The van der Waals surface area contributed by atoms with E-state index < -0.39 is 5.92 Å². The number of likely N-dealkylation sites (N-methyl/N-ethyl adjacent to an activating group) is 1. The van der Waals surface area contributed by atoms with Crippen LogP contribution in [-0.4, -0.2) is 44.7 Å². The maximum atomic E-state index is 13.3. The summed E-state index contributed by atoms with van der Waals surface area (Å²) < 4.78 is 21.6. The molecule has 1 amide bonds. The molecule has 0 fully saturated rings. The van der Waals surface area contributed by atoms with Crippen molar-refractivity contribution >= 4 is 11.7 Å². The van der Waals surface area contributed by atoms with E-state index in [0.29, 0.717) is 39.7 Å². The lowest BCUT2D eigenvalue weighted by molar-refractivity contribution is 0.0665. The number of fused-ring (bicyclic) bond motifs is 6. The molecule has 0 unspecified atom stereocenters. The first-order valence-electron chi connectivity index (χ1n) is 8.56. The number of methoxy groups -OCH3 is 2. The van der Waals surface area contributed by atoms with Crippen molar-refractivity contribution in [1.29, 1.82) is 0 Å². The first kappa shape index (κ1) is 16.0. The minimum atomic E-state index is -0.500. The van der Waals surface area contributed by atoms with E-state index in [0.717, 1.165) is 5.56 Å². The largest absolute Gasteiger partial charge is 0.493 e. The summed E-state index contributed by atoms with van der Waals surface area (Å²) in [5, 5.41) is 0. The minimum absolute atomic E-state index is 0.0406. The predicted octanol–water partition coefficient (Wildman–Crippen LogP) is 2.54. The topological polar surface area (TPSA) is 74.3 Å². The van der Waals surface area contributed by atoms with E-state index in [9.17, 15) is 9.59 Å². The molecular weight excluding hydrogens is 350 g/mol. The number of ether oxygens (including phenoxy) is 4. The summed E-state index contributed by atoms with van der Waals surface area (Å²) in [5.74, 6) is 1.40. The van der Waals surface area contributed by atoms with E-state index in [-0.39, 0.29) is 24.5 Å². The lowest BCUT2D eigenvalue weighted by atomic mass is 9.83. The second-order valence-electron chi connectivity index (χ2n) is 6.79. The number of Topliss-reactive ketones (excluding diaryl/α,β-unsaturated/α-hetero) is 1. The molecule has 0 N–H and O–H groups in total. The highest BCUT2D eigenvalue weighted by atomic mass is 16.7. The van der Waals surface area contributed by atoms with Crippen LogP contribution < -0.4 is 18.9 Å². The van der Waals surface area contributed by atoms with Gasteiger partial charge >= 0.3 is 0 Å². The van der Waals surface area contributed by atoms with Crippen molar-refractivity contribution < 1.29 is 28.5 Å². The molecule has 3 aliphatic rings. The Labute approximate surface area is 155 Å². The standard InChI is InChI=1S/C20H17NO6/c1-21-18-10-5-15-16(27-8-26-15)6-11(10)19(22)17(18)9-4-13(24-2)14(25-3)7-12(9)20(21)23/h4-7,17-18H,8H2,1-3H3/t17-,18+/m0/s1. The molecule has 2 aliphatic heterocycles. The zero-order valence-electron chi connectivity index (χ0n) is 15.1. The highest BCUT2D eigenvalue weighted by Crippen LogP contribution is 2.53. The van der Waals surface area contributed by atoms with Gasteiger partial charge in [-0.15, -0.1) is 0 Å². The van der Waals surface area contributed by atoms with Gasteiger partial charge in [0.25, 0.3) is 5.91 Å². The highest BCUT2D eigenvalue weighted by Gasteiger charge is 2.50. The van der Waals surface area contributed by atoms with Gasteiger partial charge in [0.15, 0.2) is 28.8 Å². The van der Waals surface area contributed by atoms with Gasteiger partial charge in [-0.1, -0.05) is 0 Å². The van der Waals surface area contributed by atoms with E-state index in [1.165, 1.54) is 14.2 Å². The lowest BCUT2D eigenvalue weighted by Gasteiger charge is -2.36. The summed E-state index contributed by atoms with van der Waals surface area (Å²) in [5.41, 5.74) is 2.46. The fourth-order valence-corrected chi connectivity index (χ4v) is 4.30. The first-order valence-corrected chi connectivity index (χ1v) is 8.56. The van der Waals surface area contributed by atoms with E-state index in [1.54, 1.807) is 30.1 Å². The number of nitrogens with zero attached hydrogens (tertiary/aromatic N) is 1. The van der Waals surface area contributed by atoms with Crippen LogP contribution in [0.1, 0.15) is 43.8 Å². The van der Waals surface area contributed by atoms with Crippen LogP contribution in [0.3, 0.4) is 0 Å². The second kappa shape index (κ2) is 5.39. The van der Waals surface area contributed by atoms with Crippen LogP contribution >= 0.6 is 0 Å². The van der Waals surface area contributed by atoms with Gasteiger partial charge in [-0.25, -0.2) is 0 Å². The van der Waals surface area contributed by atoms with Gasteiger partial charge in [0.2, 0.25) is 6.79 Å². The summed E-state index contributed by atoms with van der Waals surface area (Å²) in [4.78, 5) is 27.9. The van der Waals surface area contributed by atoms with Crippen LogP contribution in [0.2, 0.25) is 0 Å². The number of amides is 1. The van der Waals surface area contributed by atoms with Gasteiger partial charge in [0.05, 0.1) is 26.2 Å². The summed E-state index contributed by atoms with van der Waals surface area (Å²) in [6.45, 7) is 0.134. The molecule has 7 nitrogen and oxygen atoms in total. The van der Waals surface area contributed by atoms with Gasteiger partial charge in [-0.05, 0) is 35.4 Å². The van der Waals surface area contributed by atoms with E-state index in [1.807, 2.05) is 6.07 Å². The molecule has 1 aliphatic carbocycles. The smallest absolute Gasteiger partial charge is 0.254 e. The van der Waals surface area contributed by atoms with Crippen LogP contribution in [-0.2, 0) is 0 Å². The molecule has 0 spiro atoms. The van der Waals surface area contributed by atoms with Crippen molar-refractivity contribution in [2.24, 2.45) is 0 Å². The molecule has 138 valence electrons. The molecule has 5 rings (SSSR count). The third kappa shape index (κ3) is 1.96. The Kier molecular flexibility index (Phi) is 3.19. The first-order chi connectivity index (χ1) is 13.0. The maximum absolute atomic E-state index is 13.3. The Balaban J connectivity index is 1.73. The molecule has 0 bridgehead atoms. The van der Waals surface area contributed by atoms with Crippen molar-refractivity contribution in [3.63, 3.8) is 0 Å². The molecule has 2 aromatic rings. The van der Waals surface area contributed by atoms with Crippen molar-refractivity contribution in [3.8, 4) is 23.0 Å². The summed E-state index contributed by atoms with van der Waals surface area (Å²) in [7, 11) is 4.76. The van der Waals surface area contributed by atoms with Crippen LogP contribution in [0.25, 0.3) is 0 Å². The minimum Gasteiger partial charge on any atom is -0.493 e. The SMILES string of the molecule is COc1cc2c(cc1OC)[C@@H]1C(=O)c3cc4c(cc3[C@H]1N(C)C2=O)OCO4. The van der Waals surface area contributed by atoms with E-state index in [4.69, 9.17) is 18.9 Å². The monoisotopic (exact) mass is 367 g/mol. The average molecular weight is 367 g/mol. The molecule has 0 saturated heterocycles. The number of hydrogen-bond acceptors (Lipinski definition) is 6. The van der Waals surface area contributed by atoms with Gasteiger partial charge in [0, 0.05) is 18.2 Å². The fraction of sp³-hybridized carbons (Fsp3) is 0.300. The van der Waals surface area contributed by atoms with Crippen LogP contribution in [0.4, 0.5) is 0 Å². The second-order valence-corrected chi connectivity index (χ2v) is 6.79. The number of rotatable bonds is 2. The molecule has 0 aromatic heterocycles. The molecular formula is C20H17NO6. The maximum Gasteiger partial charge on any atom is 0.254 e. The van der Waals surface area contributed by atoms with E-state index >= 15 is 0 Å². The molecule has 27 heavy (non-hydrogen) atoms. The quantitative estimate of drug-likeness (QED) is 0.812. The Morgan fingerprint density at radius 2 is 1.59 bits per heavy atom. The van der Waals surface area contributed by atoms with Crippen molar-refractivity contribution in [3.05, 3.63) is 46.5 Å². The lowest BCUT2D eigenvalue weighted by Crippen LogP contribution is -2.39. The van der Waals surface area contributed by atoms with Gasteiger partial charge < -0.3 is 23.8 Å². The zero-order valence-corrected chi connectivity index (χ0v) is 15.1. The highest BCUT2D eigenvalue weighted by molar-refractivity contribution is 6.11. The van der Waals surface area contributed by atoms with Crippen LogP contribution in [0, 0.1) is 0 Å². The third-order valence-corrected chi connectivity index (χ3v) is 5.59. The van der Waals surface area contributed by atoms with Crippen molar-refractivity contribution in [2.75, 3.05) is 28.1 Å². The van der Waals surface area contributed by atoms with Crippen LogP contribution in [0.5, 0.6) is 23.0 Å². The van der Waals surface area contributed by atoms with Crippen LogP contribution in [0.15, 0.2) is 24.3 Å². The molecule has 2 heterocycles. The predicted molar refractivity (Wildman–Crippen MR) is 94.0 cm³/mol. The van der Waals surface area contributed by atoms with Gasteiger partial charge in [-0.2, -0.15) is 0 Å². The normalized spacial score (nSPS) is 21.7. The molecule has 2 aromatic carbocycles. The van der Waals surface area contributed by atoms with Gasteiger partial charge in [-0.3, -0.25) is 9.59 Å². The Bertz CT molecular complexity index is 1010. The zero-order chi connectivity index (χ0) is 18.9. The Hall–Kier alpha value is -3.22. The third-order valence-electron chi connectivity index (χ3n) is 5.59. The van der Waals surface area contributed by atoms with Crippen molar-refractivity contribution in [1.82, 2.24) is 4.90 Å². The van der Waals surface area contributed by atoms with Gasteiger partial charge in [0.1, 0.15) is 0 Å². The average Bonchev–Trinajstić information content (AvgIpc) is 3.25. The number of carbonyl (C=O) groups excluding carboxylic acids is 2. The molecule has 0 radical (unpaired) electrons. The van der Waals surface area contributed by atoms with E-state index in [2.05, 4.69) is 0 Å². The summed E-state index contributed by atoms with van der Waals surface area (Å²) in [6.07, 6.45) is 0. The number of benzene rings is 2. The number of hydrogen-bond donors (Lipinski definition) is 0. The Morgan fingerprint density at radius 3 is 2.30 bits per heavy atom. The number of carbonyl (C=O) groups is 2. The number of ketones is 1. The summed E-state index contributed by atoms with van der Waals surface area (Å²) >= 11 is 0. The molecule has 0 saturated carbocycles. The Morgan fingerprint density at radius 1 is 0.926 bits per heavy atom. The summed E-state index contributed by atoms with van der Waals surface area (Å²) in [6, 6.07) is 6.53.